The average molecular weight is 325 g/mol. The topological polar surface area (TPSA) is 78.5 Å². The molecule has 1 aliphatic rings. The normalized spacial score (nSPS) is 19.0. The number of nitrogens with zero attached hydrogens (tertiary/aromatic N) is 1. The SMILES string of the molecule is CNC1CCCN(C(=O)c2ccc(C)c(NS(C)(=O)=O)c2)C1. The van der Waals surface area contributed by atoms with Crippen molar-refractivity contribution in [3.05, 3.63) is 29.3 Å². The van der Waals surface area contributed by atoms with Gasteiger partial charge in [-0.2, -0.15) is 0 Å². The third-order valence-electron chi connectivity index (χ3n) is 3.90. The number of aryl methyl sites for hydroxylation is 1. The Morgan fingerprint density at radius 2 is 2.09 bits per heavy atom. The quantitative estimate of drug-likeness (QED) is 0.872. The molecule has 22 heavy (non-hydrogen) atoms. The first kappa shape index (κ1) is 16.8. The summed E-state index contributed by atoms with van der Waals surface area (Å²) in [7, 11) is -1.46. The zero-order valence-corrected chi connectivity index (χ0v) is 14.0. The highest BCUT2D eigenvalue weighted by molar-refractivity contribution is 7.92. The molecule has 1 saturated heterocycles. The molecule has 6 nitrogen and oxygen atoms in total. The van der Waals surface area contributed by atoms with Gasteiger partial charge in [0.25, 0.3) is 5.91 Å². The number of hydrogen-bond acceptors (Lipinski definition) is 4. The van der Waals surface area contributed by atoms with Crippen molar-refractivity contribution < 1.29 is 13.2 Å². The van der Waals surface area contributed by atoms with E-state index in [2.05, 4.69) is 10.0 Å². The van der Waals surface area contributed by atoms with Gasteiger partial charge in [0.05, 0.1) is 11.9 Å². The molecule has 122 valence electrons. The first-order chi connectivity index (χ1) is 10.3. The maximum Gasteiger partial charge on any atom is 0.253 e. The second-order valence-electron chi connectivity index (χ2n) is 5.78. The largest absolute Gasteiger partial charge is 0.337 e. The zero-order valence-electron chi connectivity index (χ0n) is 13.2. The van der Waals surface area contributed by atoms with Gasteiger partial charge in [-0.3, -0.25) is 9.52 Å². The number of rotatable bonds is 4. The third kappa shape index (κ3) is 4.20. The zero-order chi connectivity index (χ0) is 16.3. The summed E-state index contributed by atoms with van der Waals surface area (Å²) < 4.78 is 25.3. The second-order valence-corrected chi connectivity index (χ2v) is 7.53. The maximum atomic E-state index is 12.6. The summed E-state index contributed by atoms with van der Waals surface area (Å²) in [5.41, 5.74) is 1.75. The van der Waals surface area contributed by atoms with Crippen LogP contribution in [0.4, 0.5) is 5.69 Å². The van der Waals surface area contributed by atoms with Gasteiger partial charge in [0.1, 0.15) is 0 Å². The van der Waals surface area contributed by atoms with Crippen LogP contribution in [0.25, 0.3) is 0 Å². The number of likely N-dealkylation sites (N-methyl/N-ethyl adjacent to an activating group) is 1. The molecule has 0 radical (unpaired) electrons. The fraction of sp³-hybridized carbons (Fsp3) is 0.533. The van der Waals surface area contributed by atoms with Crippen molar-refractivity contribution in [3.8, 4) is 0 Å². The number of amides is 1. The first-order valence-corrected chi connectivity index (χ1v) is 9.24. The van der Waals surface area contributed by atoms with E-state index in [9.17, 15) is 13.2 Å². The standard InChI is InChI=1S/C15H23N3O3S/c1-11-6-7-12(9-14(11)17-22(3,20)21)15(19)18-8-4-5-13(10-18)16-2/h6-7,9,13,16-17H,4-5,8,10H2,1-3H3. The smallest absolute Gasteiger partial charge is 0.253 e. The molecular weight excluding hydrogens is 302 g/mol. The highest BCUT2D eigenvalue weighted by Gasteiger charge is 2.24. The van der Waals surface area contributed by atoms with Crippen molar-refractivity contribution in [2.24, 2.45) is 0 Å². The molecule has 2 N–H and O–H groups in total. The van der Waals surface area contributed by atoms with Crippen LogP contribution in [0, 0.1) is 6.92 Å². The molecule has 1 atom stereocenters. The van der Waals surface area contributed by atoms with E-state index in [4.69, 9.17) is 0 Å². The lowest BCUT2D eigenvalue weighted by molar-refractivity contribution is 0.0698. The van der Waals surface area contributed by atoms with Crippen LogP contribution in [0.15, 0.2) is 18.2 Å². The van der Waals surface area contributed by atoms with E-state index in [0.717, 1.165) is 31.2 Å². The Kier molecular flexibility index (Phi) is 5.08. The monoisotopic (exact) mass is 325 g/mol. The summed E-state index contributed by atoms with van der Waals surface area (Å²) in [5.74, 6) is -0.0588. The van der Waals surface area contributed by atoms with Gasteiger partial charge in [0, 0.05) is 24.7 Å². The van der Waals surface area contributed by atoms with Crippen molar-refractivity contribution in [1.29, 1.82) is 0 Å². The molecule has 1 amide bonds. The molecule has 1 unspecified atom stereocenters. The lowest BCUT2D eigenvalue weighted by Crippen LogP contribution is -2.46. The number of likely N-dealkylation sites (tertiary alicyclic amines) is 1. The van der Waals surface area contributed by atoms with E-state index in [1.807, 2.05) is 11.9 Å². The Morgan fingerprint density at radius 3 is 2.73 bits per heavy atom. The summed E-state index contributed by atoms with van der Waals surface area (Å²) >= 11 is 0. The maximum absolute atomic E-state index is 12.6. The van der Waals surface area contributed by atoms with Gasteiger partial charge in [0.2, 0.25) is 10.0 Å². The Morgan fingerprint density at radius 1 is 1.36 bits per heavy atom. The number of anilines is 1. The molecule has 1 aromatic rings. The average Bonchev–Trinajstić information content (AvgIpc) is 2.47. The van der Waals surface area contributed by atoms with Gasteiger partial charge in [-0.25, -0.2) is 8.42 Å². The minimum absolute atomic E-state index is 0.0588. The fourth-order valence-electron chi connectivity index (χ4n) is 2.64. The molecule has 2 rings (SSSR count). The molecular formula is C15H23N3O3S. The number of carbonyl (C=O) groups excluding carboxylic acids is 1. The number of hydrogen-bond donors (Lipinski definition) is 2. The molecule has 7 heteroatoms. The van der Waals surface area contributed by atoms with Crippen molar-refractivity contribution in [2.45, 2.75) is 25.8 Å². The predicted octanol–water partition coefficient (Wildman–Crippen LogP) is 1.19. The van der Waals surface area contributed by atoms with E-state index in [-0.39, 0.29) is 5.91 Å². The van der Waals surface area contributed by atoms with Crippen LogP contribution in [-0.2, 0) is 10.0 Å². The minimum atomic E-state index is -3.36. The molecule has 0 aromatic heterocycles. The lowest BCUT2D eigenvalue weighted by Gasteiger charge is -2.32. The Labute approximate surface area is 131 Å². The second kappa shape index (κ2) is 6.66. The Hall–Kier alpha value is -1.60. The van der Waals surface area contributed by atoms with Crippen molar-refractivity contribution in [2.75, 3.05) is 31.1 Å². The van der Waals surface area contributed by atoms with Gasteiger partial charge >= 0.3 is 0 Å². The minimum Gasteiger partial charge on any atom is -0.337 e. The van der Waals surface area contributed by atoms with Crippen LogP contribution in [0.2, 0.25) is 0 Å². The van der Waals surface area contributed by atoms with Crippen LogP contribution in [0.5, 0.6) is 0 Å². The third-order valence-corrected chi connectivity index (χ3v) is 4.49. The number of piperidine rings is 1. The van der Waals surface area contributed by atoms with Crippen LogP contribution < -0.4 is 10.0 Å². The van der Waals surface area contributed by atoms with E-state index in [1.165, 1.54) is 0 Å². The summed E-state index contributed by atoms with van der Waals surface area (Å²) in [6.45, 7) is 3.22. The fourth-order valence-corrected chi connectivity index (χ4v) is 3.26. The van der Waals surface area contributed by atoms with E-state index in [0.29, 0.717) is 23.8 Å². The van der Waals surface area contributed by atoms with E-state index >= 15 is 0 Å². The molecule has 0 saturated carbocycles. The molecule has 1 fully saturated rings. The molecule has 1 heterocycles. The number of sulfonamides is 1. The molecule has 1 aliphatic heterocycles. The highest BCUT2D eigenvalue weighted by atomic mass is 32.2. The number of nitrogens with one attached hydrogen (secondary N) is 2. The molecule has 0 spiro atoms. The molecule has 0 aliphatic carbocycles. The summed E-state index contributed by atoms with van der Waals surface area (Å²) in [6.07, 6.45) is 3.13. The molecule has 1 aromatic carbocycles. The highest BCUT2D eigenvalue weighted by Crippen LogP contribution is 2.20. The van der Waals surface area contributed by atoms with Crippen molar-refractivity contribution >= 4 is 21.6 Å². The van der Waals surface area contributed by atoms with Crippen molar-refractivity contribution in [3.63, 3.8) is 0 Å². The summed E-state index contributed by atoms with van der Waals surface area (Å²) in [5, 5.41) is 3.21. The Bertz CT molecular complexity index is 658. The van der Waals surface area contributed by atoms with Crippen LogP contribution >= 0.6 is 0 Å². The lowest BCUT2D eigenvalue weighted by atomic mass is 10.0. The van der Waals surface area contributed by atoms with Crippen LogP contribution in [-0.4, -0.2) is 51.7 Å². The first-order valence-electron chi connectivity index (χ1n) is 7.35. The number of benzene rings is 1. The predicted molar refractivity (Wildman–Crippen MR) is 87.6 cm³/mol. The number of carbonyl (C=O) groups is 1. The van der Waals surface area contributed by atoms with Crippen LogP contribution in [0.3, 0.4) is 0 Å². The van der Waals surface area contributed by atoms with E-state index < -0.39 is 10.0 Å². The van der Waals surface area contributed by atoms with Gasteiger partial charge in [-0.1, -0.05) is 6.07 Å². The van der Waals surface area contributed by atoms with Gasteiger partial charge in [0.15, 0.2) is 0 Å². The summed E-state index contributed by atoms with van der Waals surface area (Å²) in [6, 6.07) is 5.44. The van der Waals surface area contributed by atoms with Crippen LogP contribution in [0.1, 0.15) is 28.8 Å². The van der Waals surface area contributed by atoms with Crippen molar-refractivity contribution in [1.82, 2.24) is 10.2 Å². The molecule has 0 bridgehead atoms. The van der Waals surface area contributed by atoms with Gasteiger partial charge < -0.3 is 10.2 Å². The Balaban J connectivity index is 2.21. The van der Waals surface area contributed by atoms with Gasteiger partial charge in [-0.05, 0) is 44.5 Å². The summed E-state index contributed by atoms with van der Waals surface area (Å²) in [4.78, 5) is 14.4. The van der Waals surface area contributed by atoms with E-state index in [1.54, 1.807) is 25.1 Å². The van der Waals surface area contributed by atoms with Gasteiger partial charge in [-0.15, -0.1) is 0 Å².